The summed E-state index contributed by atoms with van der Waals surface area (Å²) in [4.78, 5) is 5.82. The maximum absolute atomic E-state index is 5.35. The Hall–Kier alpha value is -1.33. The molecule has 2 rings (SSSR count). The molecule has 1 N–H and O–H groups in total. The Kier molecular flexibility index (Phi) is 5.82. The largest absolute Gasteiger partial charge is 0.382 e. The van der Waals surface area contributed by atoms with Crippen LogP contribution in [0.5, 0.6) is 0 Å². The lowest BCUT2D eigenvalue weighted by molar-refractivity contribution is 0.147. The second-order valence-corrected chi connectivity index (χ2v) is 6.66. The van der Waals surface area contributed by atoms with E-state index in [0.29, 0.717) is 0 Å². The normalized spacial score (nSPS) is 11.8. The van der Waals surface area contributed by atoms with Crippen molar-refractivity contribution in [3.05, 3.63) is 34.8 Å². The van der Waals surface area contributed by atoms with Gasteiger partial charge in [0.05, 0.1) is 0 Å². The van der Waals surface area contributed by atoms with E-state index in [-0.39, 0.29) is 5.41 Å². The molecule has 2 aromatic heterocycles. The molecule has 0 spiro atoms. The van der Waals surface area contributed by atoms with E-state index >= 15 is 0 Å². The Morgan fingerprint density at radius 2 is 2.29 bits per heavy atom. The van der Waals surface area contributed by atoms with E-state index in [1.165, 1.54) is 4.88 Å². The minimum atomic E-state index is 0.108. The second-order valence-electron chi connectivity index (χ2n) is 5.72. The smallest absolute Gasteiger partial charge is 0.202 e. The van der Waals surface area contributed by atoms with E-state index in [4.69, 9.17) is 4.74 Å². The van der Waals surface area contributed by atoms with Gasteiger partial charge in [0.15, 0.2) is 0 Å². The molecule has 21 heavy (non-hydrogen) atoms. The molecule has 0 aliphatic carbocycles. The lowest BCUT2D eigenvalue weighted by atomic mass is 9.91. The van der Waals surface area contributed by atoms with Gasteiger partial charge in [-0.15, -0.1) is 11.3 Å². The van der Waals surface area contributed by atoms with Crippen molar-refractivity contribution < 1.29 is 4.74 Å². The number of anilines is 1. The Bertz CT molecular complexity index is 519. The monoisotopic (exact) mass is 307 g/mol. The molecule has 0 bridgehead atoms. The summed E-state index contributed by atoms with van der Waals surface area (Å²) in [6.45, 7) is 9.95. The van der Waals surface area contributed by atoms with Crippen molar-refractivity contribution in [3.8, 4) is 0 Å². The maximum atomic E-state index is 5.35. The molecule has 5 heteroatoms. The molecule has 0 unspecified atom stereocenters. The van der Waals surface area contributed by atoms with Gasteiger partial charge in [0.25, 0.3) is 0 Å². The van der Waals surface area contributed by atoms with Gasteiger partial charge in [-0.3, -0.25) is 0 Å². The predicted molar refractivity (Wildman–Crippen MR) is 89.2 cm³/mol. The first-order valence-corrected chi connectivity index (χ1v) is 8.38. The number of thiophene rings is 1. The molecule has 116 valence electrons. The highest BCUT2D eigenvalue weighted by Crippen LogP contribution is 2.29. The van der Waals surface area contributed by atoms with Gasteiger partial charge in [-0.05, 0) is 24.8 Å². The van der Waals surface area contributed by atoms with Crippen molar-refractivity contribution in [3.63, 3.8) is 0 Å². The van der Waals surface area contributed by atoms with Crippen LogP contribution in [0.2, 0.25) is 0 Å². The molecule has 0 fully saturated rings. The minimum Gasteiger partial charge on any atom is -0.382 e. The van der Waals surface area contributed by atoms with Crippen LogP contribution in [0.1, 0.15) is 32.1 Å². The molecule has 0 atom stereocenters. The number of imidazole rings is 1. The zero-order valence-electron chi connectivity index (χ0n) is 13.1. The van der Waals surface area contributed by atoms with Crippen LogP contribution >= 0.6 is 11.3 Å². The van der Waals surface area contributed by atoms with Crippen LogP contribution in [0.3, 0.4) is 0 Å². The van der Waals surface area contributed by atoms with Crippen molar-refractivity contribution >= 4 is 17.3 Å². The summed E-state index contributed by atoms with van der Waals surface area (Å²) >= 11 is 1.81. The van der Waals surface area contributed by atoms with Gasteiger partial charge in [-0.2, -0.15) is 0 Å². The van der Waals surface area contributed by atoms with E-state index in [2.05, 4.69) is 46.2 Å². The summed E-state index contributed by atoms with van der Waals surface area (Å²) in [5.41, 5.74) is 0.108. The molecule has 0 saturated heterocycles. The summed E-state index contributed by atoms with van der Waals surface area (Å²) < 4.78 is 7.54. The second kappa shape index (κ2) is 7.61. The van der Waals surface area contributed by atoms with Gasteiger partial charge in [-0.25, -0.2) is 4.98 Å². The van der Waals surface area contributed by atoms with Crippen LogP contribution in [-0.4, -0.2) is 29.3 Å². The molecule has 0 aliphatic heterocycles. The fourth-order valence-corrected chi connectivity index (χ4v) is 3.13. The number of rotatable bonds is 9. The molecule has 2 aromatic rings. The average molecular weight is 307 g/mol. The quantitative estimate of drug-likeness (QED) is 0.717. The highest BCUT2D eigenvalue weighted by atomic mass is 32.1. The molecular formula is C16H25N3OS. The average Bonchev–Trinajstić information content (AvgIpc) is 3.10. The molecule has 0 aliphatic rings. The van der Waals surface area contributed by atoms with Crippen LogP contribution in [-0.2, 0) is 16.7 Å². The first-order chi connectivity index (χ1) is 10.1. The Morgan fingerprint density at radius 1 is 1.43 bits per heavy atom. The third-order valence-electron chi connectivity index (χ3n) is 3.42. The molecule has 0 radical (unpaired) electrons. The first-order valence-electron chi connectivity index (χ1n) is 7.50. The molecule has 0 amide bonds. The Morgan fingerprint density at radius 3 is 3.00 bits per heavy atom. The predicted octanol–water partition coefficient (Wildman–Crippen LogP) is 3.76. The lowest BCUT2D eigenvalue weighted by Gasteiger charge is -2.25. The van der Waals surface area contributed by atoms with Crippen molar-refractivity contribution in [2.45, 2.75) is 39.2 Å². The third-order valence-corrected chi connectivity index (χ3v) is 4.66. The number of hydrogen-bond acceptors (Lipinski definition) is 4. The van der Waals surface area contributed by atoms with Crippen molar-refractivity contribution in [2.75, 3.05) is 25.1 Å². The molecule has 0 saturated carbocycles. The van der Waals surface area contributed by atoms with Gasteiger partial charge in [0, 0.05) is 49.0 Å². The van der Waals surface area contributed by atoms with Crippen molar-refractivity contribution in [2.24, 2.45) is 0 Å². The molecule has 2 heterocycles. The zero-order valence-corrected chi connectivity index (χ0v) is 13.9. The van der Waals surface area contributed by atoms with Crippen LogP contribution in [0.4, 0.5) is 5.95 Å². The Labute approximate surface area is 131 Å². The molecule has 0 aromatic carbocycles. The fourth-order valence-electron chi connectivity index (χ4n) is 2.29. The number of nitrogens with one attached hydrogen (secondary N) is 1. The van der Waals surface area contributed by atoms with Gasteiger partial charge < -0.3 is 14.6 Å². The minimum absolute atomic E-state index is 0.108. The lowest BCUT2D eigenvalue weighted by Crippen LogP contribution is -2.24. The SMILES string of the molecule is CCOCCCNc1nccn1CC(C)(C)c1cccs1. The summed E-state index contributed by atoms with van der Waals surface area (Å²) in [6, 6.07) is 4.32. The zero-order chi connectivity index (χ0) is 15.1. The van der Waals surface area contributed by atoms with Crippen LogP contribution in [0, 0.1) is 0 Å². The summed E-state index contributed by atoms with van der Waals surface area (Å²) in [5.74, 6) is 0.941. The van der Waals surface area contributed by atoms with Gasteiger partial charge in [0.2, 0.25) is 5.95 Å². The first kappa shape index (κ1) is 16.0. The van der Waals surface area contributed by atoms with Crippen LogP contribution < -0.4 is 5.32 Å². The maximum Gasteiger partial charge on any atom is 0.202 e. The van der Waals surface area contributed by atoms with Gasteiger partial charge >= 0.3 is 0 Å². The van der Waals surface area contributed by atoms with Crippen molar-refractivity contribution in [1.82, 2.24) is 9.55 Å². The van der Waals surface area contributed by atoms with Crippen LogP contribution in [0.25, 0.3) is 0 Å². The Balaban J connectivity index is 1.91. The molecular weight excluding hydrogens is 282 g/mol. The van der Waals surface area contributed by atoms with E-state index < -0.39 is 0 Å². The highest BCUT2D eigenvalue weighted by molar-refractivity contribution is 7.10. The van der Waals surface area contributed by atoms with Crippen molar-refractivity contribution in [1.29, 1.82) is 0 Å². The molecule has 4 nitrogen and oxygen atoms in total. The van der Waals surface area contributed by atoms with E-state index in [9.17, 15) is 0 Å². The van der Waals surface area contributed by atoms with E-state index in [1.807, 2.05) is 30.7 Å². The van der Waals surface area contributed by atoms with E-state index in [1.54, 1.807) is 0 Å². The standard InChI is InChI=1S/C16H25N3OS/c1-4-20-11-6-8-17-15-18-9-10-19(15)13-16(2,3)14-7-5-12-21-14/h5,7,9-10,12H,4,6,8,11,13H2,1-3H3,(H,17,18). The number of hydrogen-bond donors (Lipinski definition) is 1. The highest BCUT2D eigenvalue weighted by Gasteiger charge is 2.23. The number of aromatic nitrogens is 2. The summed E-state index contributed by atoms with van der Waals surface area (Å²) in [5, 5.41) is 5.53. The number of ether oxygens (including phenoxy) is 1. The number of nitrogens with zero attached hydrogens (tertiary/aromatic N) is 2. The fraction of sp³-hybridized carbons (Fsp3) is 0.562. The van der Waals surface area contributed by atoms with E-state index in [0.717, 1.165) is 38.7 Å². The summed E-state index contributed by atoms with van der Waals surface area (Å²) in [7, 11) is 0. The summed E-state index contributed by atoms with van der Waals surface area (Å²) in [6.07, 6.45) is 4.89. The third kappa shape index (κ3) is 4.58. The van der Waals surface area contributed by atoms with Gasteiger partial charge in [0.1, 0.15) is 0 Å². The topological polar surface area (TPSA) is 39.1 Å². The van der Waals surface area contributed by atoms with Gasteiger partial charge in [-0.1, -0.05) is 19.9 Å². The van der Waals surface area contributed by atoms with Crippen LogP contribution in [0.15, 0.2) is 29.9 Å².